The maximum Gasteiger partial charge on any atom is 0.0379 e. The predicted molar refractivity (Wildman–Crippen MR) is 79.2 cm³/mol. The Kier molecular flexibility index (Phi) is 5.21. The molecule has 1 aromatic rings. The van der Waals surface area contributed by atoms with E-state index in [1.54, 1.807) is 0 Å². The molecule has 0 saturated carbocycles. The minimum absolute atomic E-state index is 0.0228. The number of halogens is 1. The predicted octanol–water partition coefficient (Wildman–Crippen LogP) is 4.71. The number of hydrogen-bond donors (Lipinski definition) is 1. The van der Waals surface area contributed by atoms with E-state index < -0.39 is 0 Å². The van der Waals surface area contributed by atoms with Gasteiger partial charge in [0.2, 0.25) is 0 Å². The molecule has 0 fully saturated rings. The molecule has 0 aliphatic carbocycles. The molecule has 0 spiro atoms. The van der Waals surface area contributed by atoms with Crippen molar-refractivity contribution in [1.29, 1.82) is 0 Å². The molecule has 0 bridgehead atoms. The zero-order valence-corrected chi connectivity index (χ0v) is 13.1. The average Bonchev–Trinajstić information content (AvgIpc) is 2.15. The van der Waals surface area contributed by atoms with E-state index in [4.69, 9.17) is 0 Å². The second-order valence-electron chi connectivity index (χ2n) is 5.81. The van der Waals surface area contributed by atoms with E-state index in [1.807, 2.05) is 0 Å². The van der Waals surface area contributed by atoms with E-state index in [0.717, 1.165) is 10.4 Å². The van der Waals surface area contributed by atoms with Gasteiger partial charge in [0.15, 0.2) is 0 Å². The molecule has 0 radical (unpaired) electrons. The fourth-order valence-electron chi connectivity index (χ4n) is 2.33. The van der Waals surface area contributed by atoms with Gasteiger partial charge < -0.3 is 5.32 Å². The van der Waals surface area contributed by atoms with Gasteiger partial charge in [-0.1, -0.05) is 41.9 Å². The van der Waals surface area contributed by atoms with Crippen molar-refractivity contribution in [2.75, 3.05) is 0 Å². The molecule has 0 aliphatic rings. The first kappa shape index (κ1) is 14.7. The summed E-state index contributed by atoms with van der Waals surface area (Å²) in [5.41, 5.74) is 1.35. The standard InChI is InChI=1S/C15H24BrN/c1-11(2)10-12(3)17-15(4,5)13-6-8-14(16)9-7-13/h6-9,11-12,17H,10H2,1-5H3. The molecule has 1 N–H and O–H groups in total. The fourth-order valence-corrected chi connectivity index (χ4v) is 2.60. The van der Waals surface area contributed by atoms with Crippen LogP contribution in [-0.4, -0.2) is 6.04 Å². The van der Waals surface area contributed by atoms with E-state index in [2.05, 4.69) is 80.1 Å². The third-order valence-corrected chi connectivity index (χ3v) is 3.53. The number of nitrogens with one attached hydrogen (secondary N) is 1. The molecular formula is C15H24BrN. The summed E-state index contributed by atoms with van der Waals surface area (Å²) in [6.07, 6.45) is 1.21. The molecule has 1 atom stereocenters. The average molecular weight is 298 g/mol. The third-order valence-electron chi connectivity index (χ3n) is 3.00. The van der Waals surface area contributed by atoms with Crippen molar-refractivity contribution in [3.8, 4) is 0 Å². The lowest BCUT2D eigenvalue weighted by atomic mass is 9.92. The van der Waals surface area contributed by atoms with Crippen molar-refractivity contribution in [2.24, 2.45) is 5.92 Å². The molecule has 0 amide bonds. The van der Waals surface area contributed by atoms with Crippen LogP contribution in [0.25, 0.3) is 0 Å². The molecule has 96 valence electrons. The van der Waals surface area contributed by atoms with Crippen LogP contribution in [0, 0.1) is 5.92 Å². The van der Waals surface area contributed by atoms with Crippen molar-refractivity contribution in [3.63, 3.8) is 0 Å². The van der Waals surface area contributed by atoms with E-state index in [0.29, 0.717) is 6.04 Å². The van der Waals surface area contributed by atoms with Crippen LogP contribution < -0.4 is 5.32 Å². The molecular weight excluding hydrogens is 274 g/mol. The number of rotatable bonds is 5. The topological polar surface area (TPSA) is 12.0 Å². The van der Waals surface area contributed by atoms with E-state index >= 15 is 0 Å². The maximum absolute atomic E-state index is 3.71. The van der Waals surface area contributed by atoms with E-state index in [1.165, 1.54) is 12.0 Å². The Hall–Kier alpha value is -0.340. The molecule has 0 heterocycles. The zero-order valence-electron chi connectivity index (χ0n) is 11.5. The Bertz CT molecular complexity index is 340. The van der Waals surface area contributed by atoms with Gasteiger partial charge in [-0.2, -0.15) is 0 Å². The second kappa shape index (κ2) is 6.01. The highest BCUT2D eigenvalue weighted by Gasteiger charge is 2.22. The monoisotopic (exact) mass is 297 g/mol. The van der Waals surface area contributed by atoms with Gasteiger partial charge in [0, 0.05) is 16.1 Å². The van der Waals surface area contributed by atoms with Crippen LogP contribution >= 0.6 is 15.9 Å². The SMILES string of the molecule is CC(C)CC(C)NC(C)(C)c1ccc(Br)cc1. The summed E-state index contributed by atoms with van der Waals surface area (Å²) in [6, 6.07) is 9.10. The Balaban J connectivity index is 2.70. The van der Waals surface area contributed by atoms with Gasteiger partial charge in [0.1, 0.15) is 0 Å². The van der Waals surface area contributed by atoms with Gasteiger partial charge in [-0.3, -0.25) is 0 Å². The number of hydrogen-bond acceptors (Lipinski definition) is 1. The van der Waals surface area contributed by atoms with Crippen molar-refractivity contribution in [3.05, 3.63) is 34.3 Å². The first-order valence-corrected chi connectivity index (χ1v) is 7.14. The minimum Gasteiger partial charge on any atom is -0.305 e. The van der Waals surface area contributed by atoms with Crippen molar-refractivity contribution in [2.45, 2.75) is 52.6 Å². The van der Waals surface area contributed by atoms with Crippen LogP contribution in [0.1, 0.15) is 46.6 Å². The van der Waals surface area contributed by atoms with Gasteiger partial charge in [-0.05, 0) is 50.8 Å². The Morgan fingerprint density at radius 3 is 2.12 bits per heavy atom. The molecule has 1 aromatic carbocycles. The van der Waals surface area contributed by atoms with Crippen LogP contribution in [-0.2, 0) is 5.54 Å². The second-order valence-corrected chi connectivity index (χ2v) is 6.72. The highest BCUT2D eigenvalue weighted by atomic mass is 79.9. The summed E-state index contributed by atoms with van der Waals surface area (Å²) in [5.74, 6) is 0.734. The quantitative estimate of drug-likeness (QED) is 0.830. The molecule has 17 heavy (non-hydrogen) atoms. The van der Waals surface area contributed by atoms with Crippen molar-refractivity contribution in [1.82, 2.24) is 5.32 Å². The maximum atomic E-state index is 3.71. The first-order chi connectivity index (χ1) is 7.81. The lowest BCUT2D eigenvalue weighted by Crippen LogP contribution is -2.42. The summed E-state index contributed by atoms with van der Waals surface area (Å²) in [4.78, 5) is 0. The number of benzene rings is 1. The first-order valence-electron chi connectivity index (χ1n) is 6.35. The Morgan fingerprint density at radius 2 is 1.65 bits per heavy atom. The third kappa shape index (κ3) is 4.81. The summed E-state index contributed by atoms with van der Waals surface area (Å²) in [5, 5.41) is 3.71. The lowest BCUT2D eigenvalue weighted by molar-refractivity contribution is 0.321. The highest BCUT2D eigenvalue weighted by Crippen LogP contribution is 2.23. The Labute approximate surface area is 114 Å². The molecule has 1 rings (SSSR count). The van der Waals surface area contributed by atoms with Crippen molar-refractivity contribution < 1.29 is 0 Å². The zero-order chi connectivity index (χ0) is 13.1. The molecule has 0 aliphatic heterocycles. The minimum atomic E-state index is 0.0228. The molecule has 1 unspecified atom stereocenters. The van der Waals surface area contributed by atoms with Gasteiger partial charge in [-0.15, -0.1) is 0 Å². The van der Waals surface area contributed by atoms with Crippen LogP contribution in [0.4, 0.5) is 0 Å². The van der Waals surface area contributed by atoms with Crippen LogP contribution in [0.5, 0.6) is 0 Å². The molecule has 0 saturated heterocycles. The molecule has 0 aromatic heterocycles. The highest BCUT2D eigenvalue weighted by molar-refractivity contribution is 9.10. The van der Waals surface area contributed by atoms with Gasteiger partial charge in [-0.25, -0.2) is 0 Å². The Morgan fingerprint density at radius 1 is 1.12 bits per heavy atom. The summed E-state index contributed by atoms with van der Waals surface area (Å²) < 4.78 is 1.13. The molecule has 1 nitrogen and oxygen atoms in total. The van der Waals surface area contributed by atoms with E-state index in [-0.39, 0.29) is 5.54 Å². The summed E-state index contributed by atoms with van der Waals surface area (Å²) in [6.45, 7) is 11.3. The largest absolute Gasteiger partial charge is 0.305 e. The smallest absolute Gasteiger partial charge is 0.0379 e. The van der Waals surface area contributed by atoms with Crippen LogP contribution in [0.15, 0.2) is 28.7 Å². The van der Waals surface area contributed by atoms with Gasteiger partial charge in [0.05, 0.1) is 0 Å². The van der Waals surface area contributed by atoms with Crippen LogP contribution in [0.3, 0.4) is 0 Å². The normalized spacial score (nSPS) is 14.1. The van der Waals surface area contributed by atoms with Gasteiger partial charge >= 0.3 is 0 Å². The van der Waals surface area contributed by atoms with Gasteiger partial charge in [0.25, 0.3) is 0 Å². The summed E-state index contributed by atoms with van der Waals surface area (Å²) in [7, 11) is 0. The van der Waals surface area contributed by atoms with E-state index in [9.17, 15) is 0 Å². The molecule has 2 heteroatoms. The van der Waals surface area contributed by atoms with Crippen molar-refractivity contribution >= 4 is 15.9 Å². The fraction of sp³-hybridized carbons (Fsp3) is 0.600. The van der Waals surface area contributed by atoms with Crippen LogP contribution in [0.2, 0.25) is 0 Å². The lowest BCUT2D eigenvalue weighted by Gasteiger charge is -2.31. The summed E-state index contributed by atoms with van der Waals surface area (Å²) >= 11 is 3.48.